The molecule has 0 N–H and O–H groups in total. The topological polar surface area (TPSA) is 0 Å². The second-order valence-electron chi connectivity index (χ2n) is 26.1. The van der Waals surface area contributed by atoms with Crippen LogP contribution in [0.2, 0.25) is 91.7 Å². The Hall–Kier alpha value is -1.09. The van der Waals surface area contributed by atoms with E-state index in [4.69, 9.17) is 17.0 Å². The zero-order valence-electron chi connectivity index (χ0n) is 42.9. The minimum atomic E-state index is -5.00. The summed E-state index contributed by atoms with van der Waals surface area (Å²) >= 11 is -5.00. The summed E-state index contributed by atoms with van der Waals surface area (Å²) in [6.45, 7) is 54.0. The molecule has 2 atom stereocenters. The average molecular weight is 1030 g/mol. The van der Waals surface area contributed by atoms with Gasteiger partial charge in [0.25, 0.3) is 0 Å². The number of rotatable bonds is 9. The van der Waals surface area contributed by atoms with Crippen LogP contribution in [0, 0.1) is 0 Å². The SMILES string of the molecule is CC1=Cc2c(ccc(C(C)(C)C)c2-c2cc([Si](C)(C)C)cc([Si](C)(C)C)c2)[CH]1[Zr]([Cl])([Cl])([CH]1C(C)=Cc2c1ccc(C(C)(C)C)c2-c1cc([Si](C)(C)C)cc([Si](C)(C)C)c1)[SiH](C)C. The van der Waals surface area contributed by atoms with E-state index in [0.717, 1.165) is 0 Å². The minimum absolute atomic E-state index is 0.0432. The molecule has 0 radical (unpaired) electrons. The fourth-order valence-electron chi connectivity index (χ4n) is 10.6. The van der Waals surface area contributed by atoms with Crippen LogP contribution in [-0.2, 0) is 26.4 Å². The summed E-state index contributed by atoms with van der Waals surface area (Å²) in [4.78, 5) is 0. The fraction of sp³-hybridized carbons (Fsp3) is 0.481. The first-order chi connectivity index (χ1) is 27.9. The molecular formula is C54H81Cl2Si5Zr. The Labute approximate surface area is 392 Å². The van der Waals surface area contributed by atoms with E-state index >= 15 is 0 Å². The Morgan fingerprint density at radius 2 is 0.742 bits per heavy atom. The van der Waals surface area contributed by atoms with Crippen molar-refractivity contribution in [3.8, 4) is 22.3 Å². The summed E-state index contributed by atoms with van der Waals surface area (Å²) in [5.41, 5.74) is 16.6. The van der Waals surface area contributed by atoms with Gasteiger partial charge in [-0.1, -0.05) is 0 Å². The van der Waals surface area contributed by atoms with E-state index in [2.05, 4.69) is 220 Å². The van der Waals surface area contributed by atoms with Crippen molar-refractivity contribution in [3.05, 3.63) is 105 Å². The summed E-state index contributed by atoms with van der Waals surface area (Å²) in [7, 11) is 11.4. The van der Waals surface area contributed by atoms with Crippen LogP contribution in [0.1, 0.15) is 96.0 Å². The van der Waals surface area contributed by atoms with Crippen LogP contribution in [0.25, 0.3) is 34.4 Å². The summed E-state index contributed by atoms with van der Waals surface area (Å²) in [6.07, 6.45) is 5.08. The van der Waals surface area contributed by atoms with Crippen molar-refractivity contribution in [2.45, 2.75) is 165 Å². The van der Waals surface area contributed by atoms with E-state index in [9.17, 15) is 0 Å². The van der Waals surface area contributed by atoms with Crippen LogP contribution < -0.4 is 20.7 Å². The first-order valence-electron chi connectivity index (χ1n) is 23.5. The van der Waals surface area contributed by atoms with E-state index in [1.165, 1.54) is 66.8 Å². The second kappa shape index (κ2) is 16.0. The van der Waals surface area contributed by atoms with Gasteiger partial charge in [-0.15, -0.1) is 0 Å². The molecule has 0 aromatic heterocycles. The first-order valence-corrected chi connectivity index (χ1v) is 53.8. The van der Waals surface area contributed by atoms with Crippen LogP contribution in [0.5, 0.6) is 0 Å². The standard InChI is InChI=1S/2C26H37Si2.C2H7Si.2ClH.Zr/c2*1-18-13-19-11-12-24(26(2,3)4)25(23(19)14-18)20-15-21(27(5,6)7)17-22(16-20)28(8,9)10;1-3-2;;;/h2*11-17H,1-10H3;3H,1-2H3;2*1H;/q;;;;;+2/p-2. The van der Waals surface area contributed by atoms with Crippen LogP contribution in [-0.4, -0.2) is 38.2 Å². The molecule has 0 nitrogen and oxygen atoms in total. The number of halogens is 2. The van der Waals surface area contributed by atoms with E-state index in [1.807, 2.05) is 0 Å². The average Bonchev–Trinajstić information content (AvgIpc) is 3.64. The van der Waals surface area contributed by atoms with Crippen LogP contribution in [0.15, 0.2) is 71.8 Å². The molecule has 2 aliphatic carbocycles. The molecule has 6 rings (SSSR count). The third kappa shape index (κ3) is 8.91. The van der Waals surface area contributed by atoms with Crippen molar-refractivity contribution in [3.63, 3.8) is 0 Å². The zero-order valence-corrected chi connectivity index (χ0v) is 52.0. The molecular weight excluding hydrogens is 951 g/mol. The van der Waals surface area contributed by atoms with E-state index < -0.39 is 53.8 Å². The van der Waals surface area contributed by atoms with Gasteiger partial charge in [-0.3, -0.25) is 0 Å². The fourth-order valence-corrected chi connectivity index (χ4v) is 48.6. The number of fused-ring (bicyclic) bond motifs is 2. The molecule has 8 heteroatoms. The van der Waals surface area contributed by atoms with Crippen molar-refractivity contribution in [2.24, 2.45) is 0 Å². The molecule has 0 amide bonds. The van der Waals surface area contributed by atoms with Gasteiger partial charge in [-0.2, -0.15) is 0 Å². The van der Waals surface area contributed by atoms with Gasteiger partial charge in [0.2, 0.25) is 0 Å². The predicted molar refractivity (Wildman–Crippen MR) is 296 cm³/mol. The van der Waals surface area contributed by atoms with Gasteiger partial charge in [0.05, 0.1) is 0 Å². The molecule has 0 fully saturated rings. The van der Waals surface area contributed by atoms with Crippen molar-refractivity contribution >= 4 is 88.1 Å². The van der Waals surface area contributed by atoms with Crippen molar-refractivity contribution in [2.75, 3.05) is 0 Å². The zero-order chi connectivity index (χ0) is 46.9. The normalized spacial score (nSPS) is 18.4. The summed E-state index contributed by atoms with van der Waals surface area (Å²) < 4.78 is 0.0918. The first kappa shape index (κ1) is 50.3. The van der Waals surface area contributed by atoms with Gasteiger partial charge in [-0.05, 0) is 0 Å². The molecule has 0 saturated heterocycles. The Morgan fingerprint density at radius 3 is 0.968 bits per heavy atom. The van der Waals surface area contributed by atoms with Gasteiger partial charge in [0.15, 0.2) is 0 Å². The Kier molecular flexibility index (Phi) is 13.0. The molecule has 0 heterocycles. The van der Waals surface area contributed by atoms with Crippen LogP contribution >= 0.6 is 17.0 Å². The van der Waals surface area contributed by atoms with Crippen LogP contribution in [0.3, 0.4) is 0 Å². The summed E-state index contributed by atoms with van der Waals surface area (Å²) in [6, 6.07) is 25.3. The monoisotopic (exact) mass is 1030 g/mol. The van der Waals surface area contributed by atoms with Gasteiger partial charge in [0.1, 0.15) is 0 Å². The molecule has 335 valence electrons. The second-order valence-corrected chi connectivity index (χ2v) is 88.9. The van der Waals surface area contributed by atoms with Gasteiger partial charge >= 0.3 is 396 Å². The Morgan fingerprint density at radius 1 is 0.468 bits per heavy atom. The Balaban J connectivity index is 1.67. The number of hydrogen-bond acceptors (Lipinski definition) is 0. The molecule has 0 spiro atoms. The molecule has 62 heavy (non-hydrogen) atoms. The molecule has 0 aliphatic heterocycles. The van der Waals surface area contributed by atoms with Crippen molar-refractivity contribution in [1.29, 1.82) is 0 Å². The molecule has 4 aromatic carbocycles. The number of allylic oxidation sites excluding steroid dienone is 2. The van der Waals surface area contributed by atoms with Gasteiger partial charge < -0.3 is 0 Å². The van der Waals surface area contributed by atoms with E-state index in [1.54, 1.807) is 20.7 Å². The predicted octanol–water partition coefficient (Wildman–Crippen LogP) is 15.4. The summed E-state index contributed by atoms with van der Waals surface area (Å²) in [5.74, 6) is -1.73. The van der Waals surface area contributed by atoms with Crippen LogP contribution in [0.4, 0.5) is 0 Å². The molecule has 0 saturated carbocycles. The quantitative estimate of drug-likeness (QED) is 0.147. The molecule has 2 aliphatic rings. The van der Waals surface area contributed by atoms with E-state index in [-0.39, 0.29) is 18.1 Å². The third-order valence-electron chi connectivity index (χ3n) is 14.6. The third-order valence-corrected chi connectivity index (χ3v) is 74.9. The molecule has 2 unspecified atom stereocenters. The maximum absolute atomic E-state index is 8.96. The number of hydrogen-bond donors (Lipinski definition) is 0. The van der Waals surface area contributed by atoms with E-state index in [0.29, 0.717) is 0 Å². The number of benzene rings is 4. The Bertz CT molecular complexity index is 2280. The molecule has 0 bridgehead atoms. The van der Waals surface area contributed by atoms with Gasteiger partial charge in [0, 0.05) is 0 Å². The summed E-state index contributed by atoms with van der Waals surface area (Å²) in [5, 5.41) is 6.21. The van der Waals surface area contributed by atoms with Crippen molar-refractivity contribution in [1.82, 2.24) is 0 Å². The van der Waals surface area contributed by atoms with Gasteiger partial charge in [-0.25, -0.2) is 0 Å². The van der Waals surface area contributed by atoms with Crippen molar-refractivity contribution < 1.29 is 15.6 Å². The maximum atomic E-state index is 8.96. The molecule has 4 aromatic rings.